The van der Waals surface area contributed by atoms with Crippen molar-refractivity contribution in [3.8, 4) is 0 Å². The molecule has 182 valence electrons. The molecule has 0 spiro atoms. The van der Waals surface area contributed by atoms with Crippen molar-refractivity contribution in [2.24, 2.45) is 5.92 Å². The largest absolute Gasteiger partial charge is 0.417 e. The Balaban J connectivity index is 1.57. The predicted molar refractivity (Wildman–Crippen MR) is 114 cm³/mol. The number of nitrogens with zero attached hydrogens (tertiary/aromatic N) is 6. The molecular formula is C21H24F3N7O3. The molecule has 0 bridgehead atoms. The number of imidazole rings is 1. The van der Waals surface area contributed by atoms with Gasteiger partial charge in [0.15, 0.2) is 17.0 Å². The molecule has 4 heterocycles. The lowest BCUT2D eigenvalue weighted by Crippen LogP contribution is -2.34. The number of halogens is 3. The molecule has 5 atom stereocenters. The van der Waals surface area contributed by atoms with Gasteiger partial charge in [0.1, 0.15) is 18.2 Å². The minimum Gasteiger partial charge on any atom is -0.396 e. The van der Waals surface area contributed by atoms with Gasteiger partial charge in [-0.1, -0.05) is 0 Å². The number of pyridine rings is 1. The maximum Gasteiger partial charge on any atom is 0.417 e. The van der Waals surface area contributed by atoms with Crippen LogP contribution in [-0.2, 0) is 6.18 Å². The lowest BCUT2D eigenvalue weighted by atomic mass is 10.1. The van der Waals surface area contributed by atoms with Crippen LogP contribution in [0.5, 0.6) is 0 Å². The van der Waals surface area contributed by atoms with E-state index in [-0.39, 0.29) is 12.6 Å². The number of aliphatic hydroxyl groups excluding tert-OH is 3. The molecule has 0 aromatic carbocycles. The van der Waals surface area contributed by atoms with Gasteiger partial charge in [0, 0.05) is 25.3 Å². The second-order valence-electron chi connectivity index (χ2n) is 8.67. The lowest BCUT2D eigenvalue weighted by Gasteiger charge is -2.29. The number of fused-ring (bicyclic) bond motifs is 1. The van der Waals surface area contributed by atoms with E-state index in [4.69, 9.17) is 0 Å². The molecule has 5 rings (SSSR count). The van der Waals surface area contributed by atoms with E-state index in [0.29, 0.717) is 35.8 Å². The summed E-state index contributed by atoms with van der Waals surface area (Å²) < 4.78 is 40.8. The van der Waals surface area contributed by atoms with Crippen molar-refractivity contribution in [3.05, 3.63) is 36.5 Å². The lowest BCUT2D eigenvalue weighted by molar-refractivity contribution is -0.137. The standard InChI is InChI=1S/C21H24F3N7O3/c22-21(23,24)12-1-2-15(26-6-12)31(13-3-4-25-7-13)20-16-19(27-9-28-20)30(10-29-16)14-5-11(8-32)17(33)18(14)34/h1-2,6,9-11,13-14,17-18,25,32-34H,3-5,7-8H2/t11-,13+,14-,17+,18-/m1/s1. The van der Waals surface area contributed by atoms with Gasteiger partial charge in [0.2, 0.25) is 0 Å². The molecule has 0 amide bonds. The average molecular weight is 479 g/mol. The summed E-state index contributed by atoms with van der Waals surface area (Å²) in [6.07, 6.45) is -2.00. The van der Waals surface area contributed by atoms with Crippen molar-refractivity contribution in [1.29, 1.82) is 0 Å². The van der Waals surface area contributed by atoms with Gasteiger partial charge in [-0.25, -0.2) is 19.9 Å². The number of hydrogen-bond acceptors (Lipinski definition) is 9. The topological polar surface area (TPSA) is 132 Å². The van der Waals surface area contributed by atoms with Gasteiger partial charge in [-0.05, 0) is 31.5 Å². The predicted octanol–water partition coefficient (Wildman–Crippen LogP) is 1.02. The molecule has 13 heteroatoms. The Hall–Kier alpha value is -2.87. The number of hydrogen-bond donors (Lipinski definition) is 4. The molecule has 0 radical (unpaired) electrons. The van der Waals surface area contributed by atoms with Gasteiger partial charge in [0.25, 0.3) is 0 Å². The van der Waals surface area contributed by atoms with Crippen LogP contribution in [0.2, 0.25) is 0 Å². The van der Waals surface area contributed by atoms with Gasteiger partial charge in [-0.15, -0.1) is 0 Å². The third-order valence-corrected chi connectivity index (χ3v) is 6.65. The van der Waals surface area contributed by atoms with Crippen LogP contribution in [0.25, 0.3) is 11.2 Å². The van der Waals surface area contributed by atoms with E-state index in [0.717, 1.165) is 25.2 Å². The Labute approximate surface area is 192 Å². The molecule has 4 N–H and O–H groups in total. The van der Waals surface area contributed by atoms with Crippen molar-refractivity contribution in [2.45, 2.75) is 43.3 Å². The highest BCUT2D eigenvalue weighted by atomic mass is 19.4. The molecule has 1 saturated carbocycles. The van der Waals surface area contributed by atoms with Crippen LogP contribution >= 0.6 is 0 Å². The van der Waals surface area contributed by atoms with E-state index in [2.05, 4.69) is 25.3 Å². The SMILES string of the molecule is OC[C@H]1C[C@@H](n2cnc3c(N(c4ccc(C(F)(F)F)cn4)[C@H]4CCNC4)ncnc32)[C@@H](O)[C@H]1O. The summed E-state index contributed by atoms with van der Waals surface area (Å²) >= 11 is 0. The minimum atomic E-state index is -4.49. The molecule has 2 aliphatic rings. The summed E-state index contributed by atoms with van der Waals surface area (Å²) in [5.41, 5.74) is -0.0435. The summed E-state index contributed by atoms with van der Waals surface area (Å²) in [6, 6.07) is 1.63. The summed E-state index contributed by atoms with van der Waals surface area (Å²) in [5.74, 6) is 0.209. The maximum absolute atomic E-state index is 13.1. The molecule has 34 heavy (non-hydrogen) atoms. The number of anilines is 2. The molecule has 10 nitrogen and oxygen atoms in total. The number of nitrogens with one attached hydrogen (secondary N) is 1. The highest BCUT2D eigenvalue weighted by molar-refractivity contribution is 5.86. The molecular weight excluding hydrogens is 455 g/mol. The van der Waals surface area contributed by atoms with Crippen molar-refractivity contribution in [1.82, 2.24) is 29.8 Å². The molecule has 3 aromatic rings. The first-order chi connectivity index (χ1) is 16.3. The van der Waals surface area contributed by atoms with E-state index < -0.39 is 35.9 Å². The first kappa shape index (κ1) is 22.9. The van der Waals surface area contributed by atoms with Crippen LogP contribution in [-0.4, -0.2) is 77.8 Å². The van der Waals surface area contributed by atoms with Crippen LogP contribution in [0.4, 0.5) is 24.8 Å². The Morgan fingerprint density at radius 1 is 1.12 bits per heavy atom. The summed E-state index contributed by atoms with van der Waals surface area (Å²) in [6.45, 7) is 1.06. The van der Waals surface area contributed by atoms with Crippen LogP contribution in [0.15, 0.2) is 31.0 Å². The van der Waals surface area contributed by atoms with Gasteiger partial charge in [-0.2, -0.15) is 13.2 Å². The molecule has 2 fully saturated rings. The third kappa shape index (κ3) is 3.87. The zero-order chi connectivity index (χ0) is 24.0. The molecule has 3 aromatic heterocycles. The molecule has 1 saturated heterocycles. The number of aliphatic hydroxyl groups is 3. The quantitative estimate of drug-likeness (QED) is 0.423. The van der Waals surface area contributed by atoms with Gasteiger partial charge < -0.3 is 30.1 Å². The fourth-order valence-corrected chi connectivity index (χ4v) is 4.84. The highest BCUT2D eigenvalue weighted by Gasteiger charge is 2.43. The second kappa shape index (κ2) is 8.73. The van der Waals surface area contributed by atoms with E-state index in [1.807, 2.05) is 0 Å². The Morgan fingerprint density at radius 2 is 1.94 bits per heavy atom. The fraction of sp³-hybridized carbons (Fsp3) is 0.524. The van der Waals surface area contributed by atoms with Crippen LogP contribution in [0.1, 0.15) is 24.4 Å². The molecule has 1 aliphatic carbocycles. The number of aromatic nitrogens is 5. The molecule has 0 unspecified atom stereocenters. The van der Waals surface area contributed by atoms with Crippen LogP contribution in [0.3, 0.4) is 0 Å². The number of alkyl halides is 3. The maximum atomic E-state index is 13.1. The summed E-state index contributed by atoms with van der Waals surface area (Å²) in [7, 11) is 0. The van der Waals surface area contributed by atoms with Crippen molar-refractivity contribution >= 4 is 22.8 Å². The molecule has 1 aliphatic heterocycles. The summed E-state index contributed by atoms with van der Waals surface area (Å²) in [4.78, 5) is 19.0. The van der Waals surface area contributed by atoms with Crippen LogP contribution in [0, 0.1) is 5.92 Å². The smallest absolute Gasteiger partial charge is 0.396 e. The first-order valence-electron chi connectivity index (χ1n) is 11.0. The summed E-state index contributed by atoms with van der Waals surface area (Å²) in [5, 5.41) is 33.5. The zero-order valence-electron chi connectivity index (χ0n) is 18.0. The highest BCUT2D eigenvalue weighted by Crippen LogP contribution is 2.39. The van der Waals surface area contributed by atoms with Gasteiger partial charge >= 0.3 is 6.18 Å². The van der Waals surface area contributed by atoms with Gasteiger partial charge in [0.05, 0.1) is 30.1 Å². The van der Waals surface area contributed by atoms with Crippen LogP contribution < -0.4 is 10.2 Å². The zero-order valence-corrected chi connectivity index (χ0v) is 18.0. The average Bonchev–Trinajstić information content (AvgIpc) is 3.55. The first-order valence-corrected chi connectivity index (χ1v) is 11.0. The Morgan fingerprint density at radius 3 is 2.56 bits per heavy atom. The Bertz CT molecular complexity index is 1150. The van der Waals surface area contributed by atoms with Crippen molar-refractivity contribution in [2.75, 3.05) is 24.6 Å². The second-order valence-corrected chi connectivity index (χ2v) is 8.67. The number of rotatable bonds is 5. The van der Waals surface area contributed by atoms with E-state index in [1.54, 1.807) is 9.47 Å². The third-order valence-electron chi connectivity index (χ3n) is 6.65. The van der Waals surface area contributed by atoms with Gasteiger partial charge in [-0.3, -0.25) is 0 Å². The van der Waals surface area contributed by atoms with E-state index in [9.17, 15) is 28.5 Å². The Kier molecular flexibility index (Phi) is 5.88. The normalized spacial score (nSPS) is 27.5. The monoisotopic (exact) mass is 479 g/mol. The van der Waals surface area contributed by atoms with Crippen molar-refractivity contribution in [3.63, 3.8) is 0 Å². The minimum absolute atomic E-state index is 0.120. The fourth-order valence-electron chi connectivity index (χ4n) is 4.84. The van der Waals surface area contributed by atoms with E-state index >= 15 is 0 Å². The van der Waals surface area contributed by atoms with Crippen molar-refractivity contribution < 1.29 is 28.5 Å². The van der Waals surface area contributed by atoms with E-state index in [1.165, 1.54) is 18.7 Å².